The number of fused-ring (bicyclic) bond motifs is 1. The number of nitrogens with one attached hydrogen (secondary N) is 2. The van der Waals surface area contributed by atoms with Gasteiger partial charge in [0.2, 0.25) is 0 Å². The number of carbonyl (C=O) groups is 1. The van der Waals surface area contributed by atoms with Gasteiger partial charge in [-0.05, 0) is 48.0 Å². The average molecular weight is 426 g/mol. The van der Waals surface area contributed by atoms with Crippen LogP contribution in [-0.2, 0) is 6.54 Å². The molecule has 1 aliphatic rings. The number of hydrogen-bond acceptors (Lipinski definition) is 5. The molecule has 0 fully saturated rings. The number of carbonyl (C=O) groups excluding carboxylic acids is 1. The minimum absolute atomic E-state index is 0.107. The molecule has 1 amide bonds. The lowest BCUT2D eigenvalue weighted by Crippen LogP contribution is -2.31. The van der Waals surface area contributed by atoms with Crippen LogP contribution in [0.3, 0.4) is 0 Å². The maximum atomic E-state index is 12.3. The van der Waals surface area contributed by atoms with Gasteiger partial charge < -0.3 is 20.9 Å². The molecule has 1 aliphatic heterocycles. The number of aromatic nitrogens is 1. The summed E-state index contributed by atoms with van der Waals surface area (Å²) in [5.74, 6) is -0.339. The highest BCUT2D eigenvalue weighted by Gasteiger charge is 2.27. The molecule has 0 saturated carbocycles. The number of nitrogen functional groups attached to an aromatic ring is 1. The van der Waals surface area contributed by atoms with Gasteiger partial charge in [0.15, 0.2) is 0 Å². The van der Waals surface area contributed by atoms with Gasteiger partial charge in [-0.3, -0.25) is 14.9 Å². The first-order valence-corrected chi connectivity index (χ1v) is 9.70. The number of nitrogens with zero attached hydrogens (tertiary/aromatic N) is 2. The van der Waals surface area contributed by atoms with Gasteiger partial charge in [0.1, 0.15) is 5.69 Å². The van der Waals surface area contributed by atoms with Crippen molar-refractivity contribution in [2.24, 2.45) is 0 Å². The van der Waals surface area contributed by atoms with Gasteiger partial charge in [0.25, 0.3) is 11.6 Å². The number of nitrogens with two attached hydrogens (primary N) is 1. The second-order valence-electron chi connectivity index (χ2n) is 7.42. The lowest BCUT2D eigenvalue weighted by atomic mass is 9.84. The van der Waals surface area contributed by atoms with E-state index in [1.165, 1.54) is 12.3 Å². The van der Waals surface area contributed by atoms with Crippen LogP contribution >= 0.6 is 11.6 Å². The molecule has 1 unspecified atom stereocenters. The third kappa shape index (κ3) is 3.87. The van der Waals surface area contributed by atoms with Crippen LogP contribution in [0, 0.1) is 10.1 Å². The second-order valence-corrected chi connectivity index (χ2v) is 7.83. The van der Waals surface area contributed by atoms with E-state index in [4.69, 9.17) is 17.3 Å². The van der Waals surface area contributed by atoms with E-state index in [9.17, 15) is 14.9 Å². The summed E-state index contributed by atoms with van der Waals surface area (Å²) in [5, 5.41) is 14.2. The minimum Gasteiger partial charge on any atom is -0.399 e. The van der Waals surface area contributed by atoms with Crippen molar-refractivity contribution in [2.75, 3.05) is 24.6 Å². The van der Waals surface area contributed by atoms with E-state index in [0.29, 0.717) is 16.4 Å². The van der Waals surface area contributed by atoms with Crippen LogP contribution in [0.15, 0.2) is 48.7 Å². The molecule has 30 heavy (non-hydrogen) atoms. The molecule has 3 aromatic rings. The number of likely N-dealkylation sites (N-methyl/N-ethyl adjacent to an activating group) is 1. The Kier molecular flexibility index (Phi) is 5.19. The van der Waals surface area contributed by atoms with E-state index in [1.807, 2.05) is 37.4 Å². The highest BCUT2D eigenvalue weighted by atomic mass is 35.5. The molecule has 2 heterocycles. The molecule has 0 radical (unpaired) electrons. The van der Waals surface area contributed by atoms with Crippen molar-refractivity contribution in [1.29, 1.82) is 0 Å². The van der Waals surface area contributed by atoms with Gasteiger partial charge in [-0.25, -0.2) is 0 Å². The van der Waals surface area contributed by atoms with Gasteiger partial charge in [-0.15, -0.1) is 0 Å². The first-order chi connectivity index (χ1) is 14.3. The third-order valence-electron chi connectivity index (χ3n) is 5.24. The van der Waals surface area contributed by atoms with Crippen LogP contribution in [-0.4, -0.2) is 34.3 Å². The summed E-state index contributed by atoms with van der Waals surface area (Å²) < 4.78 is 0. The largest absolute Gasteiger partial charge is 0.399 e. The topological polar surface area (TPSA) is 117 Å². The Morgan fingerprint density at radius 2 is 2.03 bits per heavy atom. The van der Waals surface area contributed by atoms with E-state index >= 15 is 0 Å². The highest BCUT2D eigenvalue weighted by Crippen LogP contribution is 2.38. The van der Waals surface area contributed by atoms with Crippen molar-refractivity contribution >= 4 is 34.6 Å². The molecule has 0 spiro atoms. The number of rotatable bonds is 4. The molecule has 1 aromatic heterocycles. The summed E-state index contributed by atoms with van der Waals surface area (Å²) in [6.07, 6.45) is 1.19. The Morgan fingerprint density at radius 3 is 2.70 bits per heavy atom. The maximum absolute atomic E-state index is 12.3. The monoisotopic (exact) mass is 425 g/mol. The van der Waals surface area contributed by atoms with E-state index in [0.717, 1.165) is 29.8 Å². The summed E-state index contributed by atoms with van der Waals surface area (Å²) in [6, 6.07) is 12.5. The molecule has 1 atom stereocenters. The van der Waals surface area contributed by atoms with Crippen molar-refractivity contribution in [2.45, 2.75) is 12.5 Å². The Morgan fingerprint density at radius 1 is 1.30 bits per heavy atom. The Bertz CT molecular complexity index is 1130. The maximum Gasteiger partial charge on any atom is 0.287 e. The summed E-state index contributed by atoms with van der Waals surface area (Å²) in [6.45, 7) is 1.59. The van der Waals surface area contributed by atoms with Crippen LogP contribution < -0.4 is 11.1 Å². The van der Waals surface area contributed by atoms with Gasteiger partial charge in [0, 0.05) is 41.5 Å². The average Bonchev–Trinajstić information content (AvgIpc) is 3.20. The first-order valence-electron chi connectivity index (χ1n) is 9.32. The van der Waals surface area contributed by atoms with Gasteiger partial charge in [-0.2, -0.15) is 0 Å². The fourth-order valence-electron chi connectivity index (χ4n) is 3.80. The Hall–Kier alpha value is -3.36. The number of halogens is 1. The lowest BCUT2D eigenvalue weighted by molar-refractivity contribution is -0.384. The number of aromatic amines is 1. The zero-order chi connectivity index (χ0) is 21.4. The molecular formula is C21H20ClN5O3. The number of H-pyrrole nitrogens is 1. The normalized spacial score (nSPS) is 16.1. The van der Waals surface area contributed by atoms with Crippen molar-refractivity contribution < 1.29 is 9.72 Å². The molecule has 154 valence electrons. The van der Waals surface area contributed by atoms with Gasteiger partial charge in [-0.1, -0.05) is 23.7 Å². The molecule has 8 nitrogen and oxygen atoms in total. The van der Waals surface area contributed by atoms with Crippen LogP contribution in [0.4, 0.5) is 17.1 Å². The molecule has 4 rings (SSSR count). The molecule has 0 bridgehead atoms. The van der Waals surface area contributed by atoms with Crippen LogP contribution in [0.25, 0.3) is 0 Å². The van der Waals surface area contributed by atoms with E-state index < -0.39 is 10.8 Å². The fraction of sp³-hybridized carbons (Fsp3) is 0.190. The highest BCUT2D eigenvalue weighted by molar-refractivity contribution is 6.31. The van der Waals surface area contributed by atoms with Crippen LogP contribution in [0.5, 0.6) is 0 Å². The molecule has 0 aliphatic carbocycles. The molecular weight excluding hydrogens is 406 g/mol. The summed E-state index contributed by atoms with van der Waals surface area (Å²) in [4.78, 5) is 27.4. The van der Waals surface area contributed by atoms with Crippen molar-refractivity contribution in [1.82, 2.24) is 9.88 Å². The number of nitro groups is 1. The first kappa shape index (κ1) is 19.9. The molecule has 0 saturated heterocycles. The Labute approximate surface area is 177 Å². The van der Waals surface area contributed by atoms with E-state index in [1.54, 1.807) is 6.07 Å². The standard InChI is InChI=1S/C21H20ClN5O3/c1-26-10-17(16-6-13(23)7-19(22)18(16)11-26)12-2-4-14(5-3-12)25-21(28)20-8-15(9-24-20)27(29)30/h2-9,17,24H,10-11,23H2,1H3,(H,25,28). The third-order valence-corrected chi connectivity index (χ3v) is 5.58. The van der Waals surface area contributed by atoms with E-state index in [2.05, 4.69) is 15.2 Å². The number of hydrogen-bond donors (Lipinski definition) is 3. The van der Waals surface area contributed by atoms with Gasteiger partial charge in [0.05, 0.1) is 11.1 Å². The van der Waals surface area contributed by atoms with Gasteiger partial charge >= 0.3 is 0 Å². The predicted octanol–water partition coefficient (Wildman–Crippen LogP) is 3.99. The molecule has 2 aromatic carbocycles. The Balaban J connectivity index is 1.55. The van der Waals surface area contributed by atoms with Crippen molar-refractivity contribution in [3.8, 4) is 0 Å². The SMILES string of the molecule is CN1Cc2c(Cl)cc(N)cc2C(c2ccc(NC(=O)c3cc([N+](=O)[O-])c[nH]3)cc2)C1. The van der Waals surface area contributed by atoms with Crippen molar-refractivity contribution in [3.63, 3.8) is 0 Å². The quantitative estimate of drug-likeness (QED) is 0.332. The van der Waals surface area contributed by atoms with Crippen LogP contribution in [0.2, 0.25) is 5.02 Å². The molecule has 9 heteroatoms. The number of anilines is 2. The number of amides is 1. The van der Waals surface area contributed by atoms with E-state index in [-0.39, 0.29) is 17.3 Å². The summed E-state index contributed by atoms with van der Waals surface area (Å²) in [7, 11) is 2.05. The van der Waals surface area contributed by atoms with Crippen LogP contribution in [0.1, 0.15) is 33.1 Å². The van der Waals surface area contributed by atoms with Crippen molar-refractivity contribution in [3.05, 3.63) is 86.2 Å². The fourth-order valence-corrected chi connectivity index (χ4v) is 4.10. The number of benzene rings is 2. The second kappa shape index (κ2) is 7.81. The zero-order valence-corrected chi connectivity index (χ0v) is 16.9. The minimum atomic E-state index is -0.555. The summed E-state index contributed by atoms with van der Waals surface area (Å²) >= 11 is 6.43. The lowest BCUT2D eigenvalue weighted by Gasteiger charge is -2.33. The summed E-state index contributed by atoms with van der Waals surface area (Å²) in [5.41, 5.74) is 10.5. The smallest absolute Gasteiger partial charge is 0.287 e. The predicted molar refractivity (Wildman–Crippen MR) is 116 cm³/mol. The molecule has 4 N–H and O–H groups in total. The zero-order valence-electron chi connectivity index (χ0n) is 16.2.